The summed E-state index contributed by atoms with van der Waals surface area (Å²) in [4.78, 5) is 4.66. The maximum absolute atomic E-state index is 5.41. The number of nitrogens with zero attached hydrogens (tertiary/aromatic N) is 5. The van der Waals surface area contributed by atoms with Gasteiger partial charge < -0.3 is 4.42 Å². The molecule has 0 fully saturated rings. The number of rotatable bonds is 4. The number of aromatic nitrogens is 5. The molecule has 6 nitrogen and oxygen atoms in total. The van der Waals surface area contributed by atoms with Gasteiger partial charge >= 0.3 is 0 Å². The van der Waals surface area contributed by atoms with E-state index >= 15 is 0 Å². The van der Waals surface area contributed by atoms with Gasteiger partial charge in [-0.3, -0.25) is 4.68 Å². The van der Waals surface area contributed by atoms with Crippen LogP contribution in [0.2, 0.25) is 0 Å². The third-order valence-corrected chi connectivity index (χ3v) is 3.39. The topological polar surface area (TPSA) is 61.7 Å². The Morgan fingerprint density at radius 3 is 2.59 bits per heavy atom. The van der Waals surface area contributed by atoms with Crippen LogP contribution in [0.1, 0.15) is 32.3 Å². The highest BCUT2D eigenvalue weighted by molar-refractivity contribution is 5.45. The summed E-state index contributed by atoms with van der Waals surface area (Å²) in [6.07, 6.45) is 4.39. The molecule has 116 valence electrons. The summed E-state index contributed by atoms with van der Waals surface area (Å²) in [7, 11) is 0. The average Bonchev–Trinajstić information content (AvgIpc) is 3.15. The van der Waals surface area contributed by atoms with E-state index in [0.29, 0.717) is 11.6 Å². The molecule has 0 saturated heterocycles. The molecule has 0 aliphatic carbocycles. The van der Waals surface area contributed by atoms with Crippen LogP contribution in [0.4, 0.5) is 0 Å². The first-order valence-electron chi connectivity index (χ1n) is 7.44. The maximum Gasteiger partial charge on any atom is 0.217 e. The van der Waals surface area contributed by atoms with Crippen molar-refractivity contribution in [3.63, 3.8) is 0 Å². The molecular weight excluding hydrogens is 278 g/mol. The number of hydrogen-bond acceptors (Lipinski definition) is 4. The van der Waals surface area contributed by atoms with Crippen LogP contribution in [0.3, 0.4) is 0 Å². The molecular formula is C16H21N5O. The van der Waals surface area contributed by atoms with Crippen molar-refractivity contribution in [1.82, 2.24) is 24.5 Å². The Labute approximate surface area is 129 Å². The number of hydrogen-bond donors (Lipinski definition) is 0. The molecule has 3 heterocycles. The molecule has 0 aromatic carbocycles. The van der Waals surface area contributed by atoms with Crippen LogP contribution in [0.5, 0.6) is 0 Å². The first-order chi connectivity index (χ1) is 10.4. The lowest BCUT2D eigenvalue weighted by Gasteiger charge is -2.21. The van der Waals surface area contributed by atoms with Crippen molar-refractivity contribution >= 4 is 0 Å². The van der Waals surface area contributed by atoms with Gasteiger partial charge in [0, 0.05) is 19.2 Å². The quantitative estimate of drug-likeness (QED) is 0.743. The lowest BCUT2D eigenvalue weighted by atomic mass is 10.1. The molecule has 3 aromatic heterocycles. The Balaban J connectivity index is 1.88. The Hall–Kier alpha value is -2.37. The zero-order valence-corrected chi connectivity index (χ0v) is 13.4. The first-order valence-corrected chi connectivity index (χ1v) is 7.44. The van der Waals surface area contributed by atoms with E-state index in [0.717, 1.165) is 24.5 Å². The molecule has 22 heavy (non-hydrogen) atoms. The summed E-state index contributed by atoms with van der Waals surface area (Å²) in [5.41, 5.74) is 0.890. The highest BCUT2D eigenvalue weighted by Gasteiger charge is 2.22. The minimum atomic E-state index is -0.132. The highest BCUT2D eigenvalue weighted by atomic mass is 16.3. The number of aryl methyl sites for hydroxylation is 3. The Bertz CT molecular complexity index is 746. The molecule has 6 heteroatoms. The predicted octanol–water partition coefficient (Wildman–Crippen LogP) is 3.04. The zero-order chi connectivity index (χ0) is 15.7. The predicted molar refractivity (Wildman–Crippen MR) is 83.4 cm³/mol. The van der Waals surface area contributed by atoms with Crippen molar-refractivity contribution in [2.24, 2.45) is 0 Å². The average molecular weight is 299 g/mol. The second-order valence-corrected chi connectivity index (χ2v) is 6.38. The molecule has 3 aromatic rings. The molecule has 0 amide bonds. The summed E-state index contributed by atoms with van der Waals surface area (Å²) < 4.78 is 9.32. The zero-order valence-electron chi connectivity index (χ0n) is 13.4. The molecule has 3 rings (SSSR count). The van der Waals surface area contributed by atoms with Crippen molar-refractivity contribution in [2.45, 2.75) is 46.2 Å². The minimum Gasteiger partial charge on any atom is -0.461 e. The molecule has 0 unspecified atom stereocenters. The van der Waals surface area contributed by atoms with Crippen molar-refractivity contribution in [2.75, 3.05) is 0 Å². The van der Waals surface area contributed by atoms with Crippen LogP contribution in [0.25, 0.3) is 11.6 Å². The van der Waals surface area contributed by atoms with Gasteiger partial charge in [0.2, 0.25) is 5.82 Å². The Morgan fingerprint density at radius 1 is 1.18 bits per heavy atom. The highest BCUT2D eigenvalue weighted by Crippen LogP contribution is 2.21. The second-order valence-electron chi connectivity index (χ2n) is 6.38. The van der Waals surface area contributed by atoms with Crippen molar-refractivity contribution in [3.05, 3.63) is 42.2 Å². The van der Waals surface area contributed by atoms with Crippen LogP contribution in [-0.2, 0) is 18.5 Å². The first kappa shape index (κ1) is 14.6. The third kappa shape index (κ3) is 2.95. The SMILES string of the molecule is Cc1ccn(CCc2nc(-c3ccco3)nn2C(C)(C)C)n1. The van der Waals surface area contributed by atoms with E-state index in [1.165, 1.54) is 0 Å². The molecule has 0 spiro atoms. The largest absolute Gasteiger partial charge is 0.461 e. The lowest BCUT2D eigenvalue weighted by Crippen LogP contribution is -2.26. The van der Waals surface area contributed by atoms with Gasteiger partial charge in [0.15, 0.2) is 5.76 Å². The maximum atomic E-state index is 5.41. The molecule has 0 aliphatic heterocycles. The number of furan rings is 1. The molecule has 0 atom stereocenters. The standard InChI is InChI=1S/C16H21N5O/c1-12-7-9-20(18-12)10-8-14-17-15(13-6-5-11-22-13)19-21(14)16(2,3)4/h5-7,9,11H,8,10H2,1-4H3. The molecule has 0 aliphatic rings. The Morgan fingerprint density at radius 2 is 2.00 bits per heavy atom. The van der Waals surface area contributed by atoms with E-state index in [2.05, 4.69) is 36.0 Å². The fourth-order valence-electron chi connectivity index (χ4n) is 2.36. The second kappa shape index (κ2) is 5.44. The van der Waals surface area contributed by atoms with Gasteiger partial charge in [0.1, 0.15) is 5.82 Å². The van der Waals surface area contributed by atoms with Gasteiger partial charge in [-0.15, -0.1) is 5.10 Å². The van der Waals surface area contributed by atoms with E-state index in [1.54, 1.807) is 6.26 Å². The lowest BCUT2D eigenvalue weighted by molar-refractivity contribution is 0.338. The van der Waals surface area contributed by atoms with Gasteiger partial charge in [0.25, 0.3) is 0 Å². The molecule has 0 N–H and O–H groups in total. The molecule has 0 radical (unpaired) electrons. The van der Waals surface area contributed by atoms with Crippen molar-refractivity contribution in [1.29, 1.82) is 0 Å². The van der Waals surface area contributed by atoms with E-state index in [4.69, 9.17) is 4.42 Å². The van der Waals surface area contributed by atoms with Crippen LogP contribution < -0.4 is 0 Å². The summed E-state index contributed by atoms with van der Waals surface area (Å²) in [6.45, 7) is 9.13. The smallest absolute Gasteiger partial charge is 0.217 e. The van der Waals surface area contributed by atoms with E-state index in [-0.39, 0.29) is 5.54 Å². The summed E-state index contributed by atoms with van der Waals surface area (Å²) >= 11 is 0. The summed E-state index contributed by atoms with van der Waals surface area (Å²) in [5, 5.41) is 9.04. The third-order valence-electron chi connectivity index (χ3n) is 3.39. The Kier molecular flexibility index (Phi) is 3.60. The van der Waals surface area contributed by atoms with Gasteiger partial charge in [-0.05, 0) is 45.9 Å². The van der Waals surface area contributed by atoms with E-state index in [9.17, 15) is 0 Å². The van der Waals surface area contributed by atoms with Crippen molar-refractivity contribution < 1.29 is 4.42 Å². The normalized spacial score (nSPS) is 12.0. The van der Waals surface area contributed by atoms with Gasteiger partial charge in [-0.2, -0.15) is 5.10 Å². The van der Waals surface area contributed by atoms with Gasteiger partial charge in [0.05, 0.1) is 17.5 Å². The fourth-order valence-corrected chi connectivity index (χ4v) is 2.36. The minimum absolute atomic E-state index is 0.132. The van der Waals surface area contributed by atoms with Crippen molar-refractivity contribution in [3.8, 4) is 11.6 Å². The van der Waals surface area contributed by atoms with Crippen LogP contribution in [-0.4, -0.2) is 24.5 Å². The molecule has 0 saturated carbocycles. The monoisotopic (exact) mass is 299 g/mol. The van der Waals surface area contributed by atoms with E-state index < -0.39 is 0 Å². The van der Waals surface area contributed by atoms with Crippen LogP contribution in [0, 0.1) is 6.92 Å². The summed E-state index contributed by atoms with van der Waals surface area (Å²) in [6, 6.07) is 5.73. The van der Waals surface area contributed by atoms with Crippen LogP contribution >= 0.6 is 0 Å². The fraction of sp³-hybridized carbons (Fsp3) is 0.438. The van der Waals surface area contributed by atoms with E-state index in [1.807, 2.05) is 40.7 Å². The van der Waals surface area contributed by atoms with Gasteiger partial charge in [-0.25, -0.2) is 9.67 Å². The summed E-state index contributed by atoms with van der Waals surface area (Å²) in [5.74, 6) is 2.26. The molecule has 0 bridgehead atoms. The van der Waals surface area contributed by atoms with Gasteiger partial charge in [-0.1, -0.05) is 0 Å². The van der Waals surface area contributed by atoms with Crippen LogP contribution in [0.15, 0.2) is 35.1 Å².